The minimum absolute atomic E-state index is 0.678. The average Bonchev–Trinajstić information content (AvgIpc) is 1.61. The second-order valence-corrected chi connectivity index (χ2v) is 1.23. The molecule has 0 rings (SSSR count). The molecule has 5 heteroatoms. The summed E-state index contributed by atoms with van der Waals surface area (Å²) in [6, 6.07) is 0. The lowest BCUT2D eigenvalue weighted by molar-refractivity contribution is -0.140. The molecular formula is C3H3ClO4. The Morgan fingerprint density at radius 3 is 2.25 bits per heavy atom. The maximum absolute atomic E-state index is 9.63. The van der Waals surface area contributed by atoms with Crippen molar-refractivity contribution in [3.8, 4) is 0 Å². The van der Waals surface area contributed by atoms with E-state index in [1.165, 1.54) is 0 Å². The number of carboxylic acids is 1. The van der Waals surface area contributed by atoms with Gasteiger partial charge in [0.2, 0.25) is 0 Å². The van der Waals surface area contributed by atoms with Crippen LogP contribution in [0.1, 0.15) is 0 Å². The zero-order valence-electron chi connectivity index (χ0n) is 3.76. The first-order valence-electron chi connectivity index (χ1n) is 1.67. The highest BCUT2D eigenvalue weighted by molar-refractivity contribution is 6.61. The zero-order chi connectivity index (χ0) is 6.57. The van der Waals surface area contributed by atoms with E-state index in [2.05, 4.69) is 16.3 Å². The normalized spacial score (nSPS) is 8.12. The number of ether oxygens (including phenoxy) is 1. The van der Waals surface area contributed by atoms with Crippen molar-refractivity contribution < 1.29 is 19.4 Å². The van der Waals surface area contributed by atoms with Crippen LogP contribution in [0.3, 0.4) is 0 Å². The summed E-state index contributed by atoms with van der Waals surface area (Å²) < 4.78 is 3.83. The predicted octanol–water partition coefficient (Wildman–Crippen LogP) is 0.446. The molecule has 0 spiro atoms. The highest BCUT2D eigenvalue weighted by Crippen LogP contribution is 1.84. The average molecular weight is 139 g/mol. The van der Waals surface area contributed by atoms with E-state index in [1.807, 2.05) is 0 Å². The molecule has 0 aromatic carbocycles. The first-order valence-corrected chi connectivity index (χ1v) is 2.05. The lowest BCUT2D eigenvalue weighted by Gasteiger charge is -1.90. The van der Waals surface area contributed by atoms with Crippen LogP contribution < -0.4 is 0 Å². The first-order chi connectivity index (χ1) is 3.63. The van der Waals surface area contributed by atoms with Crippen molar-refractivity contribution in [2.75, 3.05) is 6.61 Å². The molecule has 0 fully saturated rings. The summed E-state index contributed by atoms with van der Waals surface area (Å²) in [5.41, 5.74) is -1.10. The van der Waals surface area contributed by atoms with E-state index >= 15 is 0 Å². The fraction of sp³-hybridized carbons (Fsp3) is 0.333. The van der Waals surface area contributed by atoms with Gasteiger partial charge in [-0.1, -0.05) is 0 Å². The molecule has 0 aromatic heterocycles. The van der Waals surface area contributed by atoms with Gasteiger partial charge in [-0.25, -0.2) is 9.59 Å². The van der Waals surface area contributed by atoms with Crippen LogP contribution in [0.4, 0.5) is 4.79 Å². The van der Waals surface area contributed by atoms with E-state index in [0.29, 0.717) is 0 Å². The number of carbonyl (C=O) groups excluding carboxylic acids is 1. The van der Waals surface area contributed by atoms with Gasteiger partial charge in [0.25, 0.3) is 0 Å². The van der Waals surface area contributed by atoms with Gasteiger partial charge in [0.1, 0.15) is 0 Å². The fourth-order valence-corrected chi connectivity index (χ4v) is 0.173. The number of hydrogen-bond acceptors (Lipinski definition) is 3. The quantitative estimate of drug-likeness (QED) is 0.563. The summed E-state index contributed by atoms with van der Waals surface area (Å²) in [6.07, 6.45) is 0. The monoisotopic (exact) mass is 138 g/mol. The Balaban J connectivity index is 3.18. The maximum atomic E-state index is 9.63. The SMILES string of the molecule is O=C(O)COC(=O)Cl. The van der Waals surface area contributed by atoms with Gasteiger partial charge in [-0.05, 0) is 0 Å². The Kier molecular flexibility index (Phi) is 2.95. The van der Waals surface area contributed by atoms with Gasteiger partial charge in [0.15, 0.2) is 6.61 Å². The van der Waals surface area contributed by atoms with Crippen molar-refractivity contribution >= 4 is 23.0 Å². The van der Waals surface area contributed by atoms with Gasteiger partial charge in [0.05, 0.1) is 0 Å². The largest absolute Gasteiger partial charge is 0.479 e. The van der Waals surface area contributed by atoms with Gasteiger partial charge in [-0.15, -0.1) is 0 Å². The molecule has 0 saturated carbocycles. The van der Waals surface area contributed by atoms with Gasteiger partial charge in [-0.3, -0.25) is 0 Å². The maximum Gasteiger partial charge on any atom is 0.404 e. The molecule has 0 aliphatic carbocycles. The molecule has 8 heavy (non-hydrogen) atoms. The van der Waals surface area contributed by atoms with E-state index in [4.69, 9.17) is 5.11 Å². The van der Waals surface area contributed by atoms with Crippen LogP contribution in [-0.4, -0.2) is 23.1 Å². The summed E-state index contributed by atoms with van der Waals surface area (Å²) in [5, 5.41) is 7.83. The highest BCUT2D eigenvalue weighted by Gasteiger charge is 1.99. The molecule has 46 valence electrons. The van der Waals surface area contributed by atoms with Gasteiger partial charge in [-0.2, -0.15) is 0 Å². The smallest absolute Gasteiger partial charge is 0.404 e. The molecule has 1 N–H and O–H groups in total. The second kappa shape index (κ2) is 3.26. The van der Waals surface area contributed by atoms with Crippen molar-refractivity contribution in [1.82, 2.24) is 0 Å². The number of halogens is 1. The summed E-state index contributed by atoms with van der Waals surface area (Å²) >= 11 is 4.60. The second-order valence-electron chi connectivity index (χ2n) is 0.920. The summed E-state index contributed by atoms with van der Waals surface area (Å²) in [6.45, 7) is -0.678. The number of rotatable bonds is 2. The van der Waals surface area contributed by atoms with Crippen LogP contribution in [0, 0.1) is 0 Å². The topological polar surface area (TPSA) is 63.6 Å². The first kappa shape index (κ1) is 7.23. The molecule has 0 heterocycles. The van der Waals surface area contributed by atoms with Crippen LogP contribution in [-0.2, 0) is 9.53 Å². The van der Waals surface area contributed by atoms with Crippen molar-refractivity contribution in [3.63, 3.8) is 0 Å². The molecule has 0 aromatic rings. The third-order valence-corrected chi connectivity index (χ3v) is 0.418. The van der Waals surface area contributed by atoms with Crippen molar-refractivity contribution in [2.24, 2.45) is 0 Å². The third-order valence-electron chi connectivity index (χ3n) is 0.309. The lowest BCUT2D eigenvalue weighted by atomic mass is 10.8. The standard InChI is InChI=1S/C3H3ClO4/c4-3(7)8-1-2(5)6/h1H2,(H,5,6). The lowest BCUT2D eigenvalue weighted by Crippen LogP contribution is -2.07. The van der Waals surface area contributed by atoms with E-state index < -0.39 is 18.0 Å². The van der Waals surface area contributed by atoms with Gasteiger partial charge < -0.3 is 9.84 Å². The Bertz CT molecular complexity index is 95.9. The van der Waals surface area contributed by atoms with E-state index in [-0.39, 0.29) is 0 Å². The minimum Gasteiger partial charge on any atom is -0.479 e. The molecule has 0 atom stereocenters. The van der Waals surface area contributed by atoms with Crippen molar-refractivity contribution in [2.45, 2.75) is 0 Å². The van der Waals surface area contributed by atoms with Crippen molar-refractivity contribution in [1.29, 1.82) is 0 Å². The highest BCUT2D eigenvalue weighted by atomic mass is 35.5. The fourth-order valence-electron chi connectivity index (χ4n) is 0.118. The number of carboxylic acid groups (broad SMARTS) is 1. The van der Waals surface area contributed by atoms with Crippen LogP contribution in [0.5, 0.6) is 0 Å². The molecule has 0 unspecified atom stereocenters. The minimum atomic E-state index is -1.22. The van der Waals surface area contributed by atoms with Gasteiger partial charge in [0, 0.05) is 11.6 Å². The van der Waals surface area contributed by atoms with Crippen LogP contribution in [0.2, 0.25) is 0 Å². The molecule has 4 nitrogen and oxygen atoms in total. The molecular weight excluding hydrogens is 135 g/mol. The van der Waals surface area contributed by atoms with E-state index in [9.17, 15) is 9.59 Å². The molecule has 0 amide bonds. The van der Waals surface area contributed by atoms with Gasteiger partial charge >= 0.3 is 11.4 Å². The van der Waals surface area contributed by atoms with Crippen molar-refractivity contribution in [3.05, 3.63) is 0 Å². The summed E-state index contributed by atoms with van der Waals surface area (Å²) in [5.74, 6) is -1.22. The van der Waals surface area contributed by atoms with Crippen LogP contribution in [0.25, 0.3) is 0 Å². The molecule has 0 aliphatic heterocycles. The number of carbonyl (C=O) groups is 2. The van der Waals surface area contributed by atoms with E-state index in [1.54, 1.807) is 0 Å². The van der Waals surface area contributed by atoms with E-state index in [0.717, 1.165) is 0 Å². The zero-order valence-corrected chi connectivity index (χ0v) is 4.51. The van der Waals surface area contributed by atoms with Crippen LogP contribution in [0.15, 0.2) is 0 Å². The Hall–Kier alpha value is -0.770. The third kappa shape index (κ3) is 5.23. The Morgan fingerprint density at radius 1 is 1.62 bits per heavy atom. The molecule has 0 bridgehead atoms. The molecule has 0 aliphatic rings. The summed E-state index contributed by atoms with van der Waals surface area (Å²) in [4.78, 5) is 19.2. The molecule has 0 saturated heterocycles. The number of hydrogen-bond donors (Lipinski definition) is 1. The number of aliphatic carboxylic acids is 1. The Morgan fingerprint density at radius 2 is 2.12 bits per heavy atom. The molecule has 0 radical (unpaired) electrons. The predicted molar refractivity (Wildman–Crippen MR) is 24.8 cm³/mol. The Labute approximate surface area is 50.0 Å². The summed E-state index contributed by atoms with van der Waals surface area (Å²) in [7, 11) is 0. The van der Waals surface area contributed by atoms with Crippen LogP contribution >= 0.6 is 11.6 Å².